The Morgan fingerprint density at radius 3 is 2.29 bits per heavy atom. The second kappa shape index (κ2) is 5.83. The summed E-state index contributed by atoms with van der Waals surface area (Å²) >= 11 is 0. The average molecular weight is 284 g/mol. The third-order valence-corrected chi connectivity index (χ3v) is 4.61. The smallest absolute Gasteiger partial charge is 0.0772 e. The van der Waals surface area contributed by atoms with Gasteiger partial charge in [0.2, 0.25) is 0 Å². The van der Waals surface area contributed by atoms with Gasteiger partial charge in [-0.15, -0.1) is 6.42 Å². The first-order valence-electron chi connectivity index (χ1n) is 7.78. The van der Waals surface area contributed by atoms with Gasteiger partial charge in [-0.05, 0) is 24.8 Å². The second-order valence-electron chi connectivity index (χ2n) is 7.61. The van der Waals surface area contributed by atoms with E-state index < -0.39 is 0 Å². The molecule has 21 heavy (non-hydrogen) atoms. The van der Waals surface area contributed by atoms with Gasteiger partial charge in [-0.25, -0.2) is 0 Å². The Labute approximate surface area is 129 Å². The molecule has 1 aromatic rings. The van der Waals surface area contributed by atoms with E-state index >= 15 is 0 Å². The van der Waals surface area contributed by atoms with Crippen LogP contribution in [0.1, 0.15) is 46.2 Å². The molecule has 2 rings (SSSR count). The summed E-state index contributed by atoms with van der Waals surface area (Å²) < 4.78 is 0. The maximum absolute atomic E-state index is 5.82. The number of hydrogen-bond donors (Lipinski definition) is 1. The van der Waals surface area contributed by atoms with Crippen molar-refractivity contribution in [2.75, 3.05) is 13.1 Å². The van der Waals surface area contributed by atoms with Gasteiger partial charge in [-0.3, -0.25) is 4.90 Å². The third kappa shape index (κ3) is 3.48. The van der Waals surface area contributed by atoms with Crippen LogP contribution >= 0.6 is 0 Å². The van der Waals surface area contributed by atoms with Crippen molar-refractivity contribution in [3.8, 4) is 12.3 Å². The fourth-order valence-corrected chi connectivity index (χ4v) is 3.01. The van der Waals surface area contributed by atoms with Gasteiger partial charge in [0, 0.05) is 25.2 Å². The van der Waals surface area contributed by atoms with E-state index in [9.17, 15) is 0 Å². The molecule has 1 aliphatic rings. The maximum Gasteiger partial charge on any atom is 0.0772 e. The monoisotopic (exact) mass is 284 g/mol. The molecule has 1 fully saturated rings. The van der Waals surface area contributed by atoms with Crippen molar-refractivity contribution in [2.24, 2.45) is 5.41 Å². The summed E-state index contributed by atoms with van der Waals surface area (Å²) in [6, 6.07) is 11.4. The van der Waals surface area contributed by atoms with Crippen LogP contribution in [0.2, 0.25) is 0 Å². The normalized spacial score (nSPS) is 24.6. The molecule has 114 valence electrons. The predicted octanol–water partition coefficient (Wildman–Crippen LogP) is 3.46. The van der Waals surface area contributed by atoms with Crippen molar-refractivity contribution in [1.29, 1.82) is 0 Å². The van der Waals surface area contributed by atoms with Crippen LogP contribution in [0.3, 0.4) is 0 Å². The summed E-state index contributed by atoms with van der Waals surface area (Å²) in [7, 11) is 0. The van der Waals surface area contributed by atoms with Crippen LogP contribution in [-0.2, 0) is 0 Å². The lowest BCUT2D eigenvalue weighted by atomic mass is 9.82. The highest BCUT2D eigenvalue weighted by molar-refractivity contribution is 5.23. The standard InChI is InChI=1S/C19H28N2/c1-7-19(5,6)21-14-17(18(2,3)4)20-13-16(21)15-11-9-8-10-12-15/h1,8-12,16-17,20H,13-14H2,2-6H3. The SMILES string of the molecule is C#CC(C)(C)N1CC(C(C)(C)C)NCC1c1ccccc1. The first kappa shape index (κ1) is 16.1. The summed E-state index contributed by atoms with van der Waals surface area (Å²) in [5.74, 6) is 2.98. The van der Waals surface area contributed by atoms with Crippen molar-refractivity contribution in [3.05, 3.63) is 35.9 Å². The fraction of sp³-hybridized carbons (Fsp3) is 0.579. The lowest BCUT2D eigenvalue weighted by Crippen LogP contribution is -2.61. The van der Waals surface area contributed by atoms with E-state index in [0.29, 0.717) is 12.1 Å². The highest BCUT2D eigenvalue weighted by Gasteiger charge is 2.40. The Balaban J connectivity index is 2.32. The zero-order valence-corrected chi connectivity index (χ0v) is 14.0. The third-order valence-electron chi connectivity index (χ3n) is 4.61. The molecule has 2 nitrogen and oxygen atoms in total. The van der Waals surface area contributed by atoms with Gasteiger partial charge in [-0.1, -0.05) is 57.0 Å². The topological polar surface area (TPSA) is 15.3 Å². The van der Waals surface area contributed by atoms with Crippen LogP contribution in [0.5, 0.6) is 0 Å². The first-order chi connectivity index (χ1) is 9.75. The Kier molecular flexibility index (Phi) is 4.46. The summed E-state index contributed by atoms with van der Waals surface area (Å²) in [5.41, 5.74) is 1.32. The minimum absolute atomic E-state index is 0.227. The van der Waals surface area contributed by atoms with Gasteiger partial charge in [0.15, 0.2) is 0 Å². The zero-order chi connectivity index (χ0) is 15.7. The minimum Gasteiger partial charge on any atom is -0.310 e. The van der Waals surface area contributed by atoms with Gasteiger partial charge in [0.1, 0.15) is 0 Å². The summed E-state index contributed by atoms with van der Waals surface area (Å²) in [5, 5.41) is 3.72. The summed E-state index contributed by atoms with van der Waals surface area (Å²) in [6.45, 7) is 13.1. The van der Waals surface area contributed by atoms with E-state index in [1.165, 1.54) is 5.56 Å². The van der Waals surface area contributed by atoms with Gasteiger partial charge in [-0.2, -0.15) is 0 Å². The van der Waals surface area contributed by atoms with Crippen molar-refractivity contribution in [2.45, 2.75) is 52.2 Å². The van der Waals surface area contributed by atoms with Crippen molar-refractivity contribution < 1.29 is 0 Å². The van der Waals surface area contributed by atoms with E-state index in [0.717, 1.165) is 13.1 Å². The zero-order valence-electron chi connectivity index (χ0n) is 14.0. The molecule has 1 heterocycles. The van der Waals surface area contributed by atoms with E-state index in [2.05, 4.69) is 81.1 Å². The number of piperazine rings is 1. The molecule has 0 amide bonds. The Hall–Kier alpha value is -1.30. The number of nitrogens with one attached hydrogen (secondary N) is 1. The van der Waals surface area contributed by atoms with Crippen molar-refractivity contribution in [1.82, 2.24) is 10.2 Å². The van der Waals surface area contributed by atoms with Crippen LogP contribution in [0.15, 0.2) is 30.3 Å². The van der Waals surface area contributed by atoms with Gasteiger partial charge < -0.3 is 5.32 Å². The molecule has 0 aromatic heterocycles. The second-order valence-corrected chi connectivity index (χ2v) is 7.61. The summed E-state index contributed by atoms with van der Waals surface area (Å²) in [6.07, 6.45) is 5.82. The van der Waals surface area contributed by atoms with Crippen LogP contribution in [0, 0.1) is 17.8 Å². The molecule has 0 aliphatic carbocycles. The highest BCUT2D eigenvalue weighted by atomic mass is 15.3. The quantitative estimate of drug-likeness (QED) is 0.837. The van der Waals surface area contributed by atoms with E-state index in [-0.39, 0.29) is 11.0 Å². The molecule has 1 saturated heterocycles. The molecule has 2 heteroatoms. The molecule has 1 aromatic carbocycles. The van der Waals surface area contributed by atoms with E-state index in [1.54, 1.807) is 0 Å². The van der Waals surface area contributed by atoms with Crippen LogP contribution in [-0.4, -0.2) is 29.6 Å². The maximum atomic E-state index is 5.82. The molecule has 0 spiro atoms. The number of benzene rings is 1. The molecule has 0 saturated carbocycles. The molecule has 0 bridgehead atoms. The minimum atomic E-state index is -0.244. The lowest BCUT2D eigenvalue weighted by molar-refractivity contribution is 0.0339. The van der Waals surface area contributed by atoms with Crippen LogP contribution in [0.25, 0.3) is 0 Å². The highest BCUT2D eigenvalue weighted by Crippen LogP contribution is 2.34. The number of hydrogen-bond acceptors (Lipinski definition) is 2. The molecule has 2 unspecified atom stereocenters. The van der Waals surface area contributed by atoms with Crippen LogP contribution < -0.4 is 5.32 Å². The first-order valence-corrected chi connectivity index (χ1v) is 7.78. The number of rotatable bonds is 2. The Bertz CT molecular complexity index is 505. The van der Waals surface area contributed by atoms with Crippen molar-refractivity contribution >= 4 is 0 Å². The predicted molar refractivity (Wildman–Crippen MR) is 90.0 cm³/mol. The fourth-order valence-electron chi connectivity index (χ4n) is 3.01. The summed E-state index contributed by atoms with van der Waals surface area (Å²) in [4.78, 5) is 2.48. The number of terminal acetylenes is 1. The van der Waals surface area contributed by atoms with E-state index in [4.69, 9.17) is 6.42 Å². The largest absolute Gasteiger partial charge is 0.310 e. The molecule has 1 N–H and O–H groups in total. The Morgan fingerprint density at radius 1 is 1.14 bits per heavy atom. The van der Waals surface area contributed by atoms with Crippen molar-refractivity contribution in [3.63, 3.8) is 0 Å². The molecule has 1 aliphatic heterocycles. The molecule has 2 atom stereocenters. The molecular formula is C19H28N2. The Morgan fingerprint density at radius 2 is 1.76 bits per heavy atom. The van der Waals surface area contributed by atoms with Gasteiger partial charge in [0.05, 0.1) is 5.54 Å². The van der Waals surface area contributed by atoms with Crippen LogP contribution in [0.4, 0.5) is 0 Å². The average Bonchev–Trinajstić information content (AvgIpc) is 2.46. The van der Waals surface area contributed by atoms with Gasteiger partial charge >= 0.3 is 0 Å². The number of nitrogens with zero attached hydrogens (tertiary/aromatic N) is 1. The molecule has 0 radical (unpaired) electrons. The van der Waals surface area contributed by atoms with E-state index in [1.807, 2.05) is 0 Å². The lowest BCUT2D eigenvalue weighted by Gasteiger charge is -2.50. The molecular weight excluding hydrogens is 256 g/mol. The van der Waals surface area contributed by atoms with Gasteiger partial charge in [0.25, 0.3) is 0 Å².